The summed E-state index contributed by atoms with van der Waals surface area (Å²) >= 11 is 7.76. The highest BCUT2D eigenvalue weighted by molar-refractivity contribution is 8.01. The molecule has 0 spiro atoms. The number of amides is 3. The average Bonchev–Trinajstić information content (AvgIpc) is 2.68. The van der Waals surface area contributed by atoms with Gasteiger partial charge in [-0.25, -0.2) is 0 Å². The molecule has 1 unspecified atom stereocenters. The molecular weight excluding hydrogens is 412 g/mol. The summed E-state index contributed by atoms with van der Waals surface area (Å²) in [6.07, 6.45) is 0.0521. The zero-order valence-corrected chi connectivity index (χ0v) is 17.0. The third-order valence-corrected chi connectivity index (χ3v) is 6.27. The molecule has 2 aromatic rings. The molecule has 2 heterocycles. The number of hydrogen-bond donors (Lipinski definition) is 3. The normalized spacial score (nSPS) is 18.5. The summed E-state index contributed by atoms with van der Waals surface area (Å²) in [4.78, 5) is 39.2. The Hall–Kier alpha value is -2.71. The number of carbonyl (C=O) groups is 3. The van der Waals surface area contributed by atoms with Crippen molar-refractivity contribution < 1.29 is 14.4 Å². The third-order valence-electron chi connectivity index (χ3n) is 4.69. The highest BCUT2D eigenvalue weighted by Crippen LogP contribution is 2.37. The number of halogens is 1. The minimum Gasteiger partial charge on any atom is -0.359 e. The number of piperazine rings is 1. The molecule has 150 valence electrons. The zero-order valence-electron chi connectivity index (χ0n) is 15.4. The van der Waals surface area contributed by atoms with E-state index in [1.54, 1.807) is 18.2 Å². The van der Waals surface area contributed by atoms with Crippen LogP contribution in [0.25, 0.3) is 0 Å². The lowest BCUT2D eigenvalue weighted by Gasteiger charge is -2.29. The Labute approximate surface area is 177 Å². The smallest absolute Gasteiger partial charge is 0.239 e. The van der Waals surface area contributed by atoms with Crippen LogP contribution >= 0.6 is 23.4 Å². The first-order valence-electron chi connectivity index (χ1n) is 9.17. The number of hydrogen-bond acceptors (Lipinski definition) is 5. The van der Waals surface area contributed by atoms with E-state index in [1.807, 2.05) is 29.2 Å². The topological polar surface area (TPSA) is 90.5 Å². The Morgan fingerprint density at radius 3 is 2.86 bits per heavy atom. The van der Waals surface area contributed by atoms with E-state index in [0.29, 0.717) is 23.8 Å². The number of anilines is 3. The van der Waals surface area contributed by atoms with E-state index < -0.39 is 5.25 Å². The summed E-state index contributed by atoms with van der Waals surface area (Å²) in [6, 6.07) is 12.7. The van der Waals surface area contributed by atoms with Crippen LogP contribution in [0.1, 0.15) is 6.42 Å². The molecule has 3 amide bonds. The molecule has 2 aromatic carbocycles. The zero-order chi connectivity index (χ0) is 20.4. The Balaban J connectivity index is 1.39. The Kier molecular flexibility index (Phi) is 5.64. The summed E-state index contributed by atoms with van der Waals surface area (Å²) in [6.45, 7) is 1.49. The van der Waals surface area contributed by atoms with Crippen molar-refractivity contribution in [2.75, 3.05) is 35.2 Å². The van der Waals surface area contributed by atoms with E-state index in [2.05, 4.69) is 16.0 Å². The van der Waals surface area contributed by atoms with Crippen molar-refractivity contribution in [1.29, 1.82) is 0 Å². The van der Waals surface area contributed by atoms with Crippen molar-refractivity contribution in [3.63, 3.8) is 0 Å². The van der Waals surface area contributed by atoms with Crippen LogP contribution < -0.4 is 20.9 Å². The van der Waals surface area contributed by atoms with Gasteiger partial charge in [0.05, 0.1) is 28.2 Å². The summed E-state index contributed by atoms with van der Waals surface area (Å²) in [5.74, 6) is -0.492. The van der Waals surface area contributed by atoms with Crippen molar-refractivity contribution >= 4 is 58.1 Å². The number of nitrogens with one attached hydrogen (secondary N) is 3. The Morgan fingerprint density at radius 2 is 2.07 bits per heavy atom. The summed E-state index contributed by atoms with van der Waals surface area (Å²) < 4.78 is 0. The largest absolute Gasteiger partial charge is 0.359 e. The highest BCUT2D eigenvalue weighted by atomic mass is 35.5. The van der Waals surface area contributed by atoms with Gasteiger partial charge in [0, 0.05) is 30.1 Å². The SMILES string of the molecule is O=C1CN(c2ccc(NC(=O)CC3Sc4ccccc4NC3=O)cc2Cl)CCN1. The molecule has 3 N–H and O–H groups in total. The first-order valence-corrected chi connectivity index (χ1v) is 10.4. The van der Waals surface area contributed by atoms with Gasteiger partial charge in [-0.05, 0) is 30.3 Å². The molecule has 1 saturated heterocycles. The van der Waals surface area contributed by atoms with Gasteiger partial charge in [0.1, 0.15) is 0 Å². The minimum absolute atomic E-state index is 0.0467. The van der Waals surface area contributed by atoms with Gasteiger partial charge in [0.25, 0.3) is 0 Å². The standard InChI is InChI=1S/C20H19ClN4O3S/c21-13-9-12(5-6-15(13)25-8-7-22-19(27)11-25)23-18(26)10-17-20(28)24-14-3-1-2-4-16(14)29-17/h1-6,9,17H,7-8,10-11H2,(H,22,27)(H,23,26)(H,24,28). The van der Waals surface area contributed by atoms with Gasteiger partial charge < -0.3 is 20.9 Å². The molecule has 1 atom stereocenters. The lowest BCUT2D eigenvalue weighted by molar-refractivity contribution is -0.120. The second-order valence-electron chi connectivity index (χ2n) is 6.78. The molecule has 9 heteroatoms. The second-order valence-corrected chi connectivity index (χ2v) is 8.43. The molecule has 2 aliphatic heterocycles. The Bertz CT molecular complexity index is 984. The molecular formula is C20H19ClN4O3S. The van der Waals surface area contributed by atoms with Gasteiger partial charge in [0.15, 0.2) is 0 Å². The minimum atomic E-state index is -0.494. The molecule has 2 aliphatic rings. The van der Waals surface area contributed by atoms with Crippen molar-refractivity contribution in [2.24, 2.45) is 0 Å². The summed E-state index contributed by atoms with van der Waals surface area (Å²) in [5, 5.41) is 8.37. The maximum Gasteiger partial charge on any atom is 0.239 e. The number of nitrogens with zero attached hydrogens (tertiary/aromatic N) is 1. The van der Waals surface area contributed by atoms with Gasteiger partial charge in [-0.1, -0.05) is 23.7 Å². The molecule has 0 bridgehead atoms. The van der Waals surface area contributed by atoms with E-state index in [0.717, 1.165) is 16.3 Å². The monoisotopic (exact) mass is 430 g/mol. The van der Waals surface area contributed by atoms with E-state index in [1.165, 1.54) is 11.8 Å². The van der Waals surface area contributed by atoms with Gasteiger partial charge in [-0.15, -0.1) is 11.8 Å². The van der Waals surface area contributed by atoms with Crippen molar-refractivity contribution in [3.05, 3.63) is 47.5 Å². The van der Waals surface area contributed by atoms with E-state index in [9.17, 15) is 14.4 Å². The Morgan fingerprint density at radius 1 is 1.24 bits per heavy atom. The van der Waals surface area contributed by atoms with Crippen LogP contribution in [0.4, 0.5) is 17.1 Å². The molecule has 7 nitrogen and oxygen atoms in total. The number of thioether (sulfide) groups is 1. The molecule has 1 fully saturated rings. The summed E-state index contributed by atoms with van der Waals surface area (Å²) in [5.41, 5.74) is 2.07. The van der Waals surface area contributed by atoms with Crippen LogP contribution in [0.5, 0.6) is 0 Å². The lowest BCUT2D eigenvalue weighted by atomic mass is 10.2. The number of rotatable bonds is 4. The fraction of sp³-hybridized carbons (Fsp3) is 0.250. The highest BCUT2D eigenvalue weighted by Gasteiger charge is 2.29. The number of para-hydroxylation sites is 1. The van der Waals surface area contributed by atoms with Crippen molar-refractivity contribution in [1.82, 2.24) is 5.32 Å². The van der Waals surface area contributed by atoms with E-state index in [-0.39, 0.29) is 30.7 Å². The maximum absolute atomic E-state index is 12.5. The molecule has 4 rings (SSSR count). The second kappa shape index (κ2) is 8.34. The predicted molar refractivity (Wildman–Crippen MR) is 115 cm³/mol. The van der Waals surface area contributed by atoms with Crippen molar-refractivity contribution in [3.8, 4) is 0 Å². The third kappa shape index (κ3) is 4.49. The van der Waals surface area contributed by atoms with Gasteiger partial charge >= 0.3 is 0 Å². The molecule has 0 aromatic heterocycles. The van der Waals surface area contributed by atoms with Gasteiger partial charge in [-0.2, -0.15) is 0 Å². The van der Waals surface area contributed by atoms with Crippen LogP contribution in [0, 0.1) is 0 Å². The summed E-state index contributed by atoms with van der Waals surface area (Å²) in [7, 11) is 0. The fourth-order valence-electron chi connectivity index (χ4n) is 3.29. The van der Waals surface area contributed by atoms with Gasteiger partial charge in [-0.3, -0.25) is 14.4 Å². The number of carbonyl (C=O) groups excluding carboxylic acids is 3. The van der Waals surface area contributed by atoms with E-state index in [4.69, 9.17) is 11.6 Å². The first kappa shape index (κ1) is 19.6. The lowest BCUT2D eigenvalue weighted by Crippen LogP contribution is -2.47. The molecule has 0 saturated carbocycles. The predicted octanol–water partition coefficient (Wildman–Crippen LogP) is 2.72. The number of benzene rings is 2. The van der Waals surface area contributed by atoms with Crippen LogP contribution in [0.3, 0.4) is 0 Å². The fourth-order valence-corrected chi connectivity index (χ4v) is 4.70. The van der Waals surface area contributed by atoms with Gasteiger partial charge in [0.2, 0.25) is 17.7 Å². The van der Waals surface area contributed by atoms with Crippen LogP contribution in [-0.2, 0) is 14.4 Å². The van der Waals surface area contributed by atoms with Crippen molar-refractivity contribution in [2.45, 2.75) is 16.6 Å². The molecule has 0 radical (unpaired) electrons. The number of fused-ring (bicyclic) bond motifs is 1. The average molecular weight is 431 g/mol. The molecule has 29 heavy (non-hydrogen) atoms. The van der Waals surface area contributed by atoms with Crippen LogP contribution in [0.2, 0.25) is 5.02 Å². The maximum atomic E-state index is 12.5. The first-order chi connectivity index (χ1) is 14.0. The van der Waals surface area contributed by atoms with E-state index >= 15 is 0 Å². The quantitative estimate of drug-likeness (QED) is 0.693. The molecule has 0 aliphatic carbocycles. The van der Waals surface area contributed by atoms with Crippen LogP contribution in [-0.4, -0.2) is 42.6 Å². The van der Waals surface area contributed by atoms with Crippen LogP contribution in [0.15, 0.2) is 47.4 Å².